The zero-order chi connectivity index (χ0) is 10.8. The third-order valence-corrected chi connectivity index (χ3v) is 3.02. The van der Waals surface area contributed by atoms with Crippen LogP contribution in [0, 0.1) is 0 Å². The Hall–Kier alpha value is -1.07. The monoisotopic (exact) mass is 233 g/mol. The summed E-state index contributed by atoms with van der Waals surface area (Å²) in [5.41, 5.74) is 5.27. The number of hydrogen-bond acceptors (Lipinski definition) is 3. The lowest BCUT2D eigenvalue weighted by molar-refractivity contribution is -0.117. The third-order valence-electron chi connectivity index (χ3n) is 1.60. The molecule has 0 saturated carbocycles. The molecule has 0 aromatic heterocycles. The largest absolute Gasteiger partial charge is 0.369 e. The second kappa shape index (κ2) is 3.98. The van der Waals surface area contributed by atoms with Gasteiger partial charge in [-0.05, 0) is 11.6 Å². The lowest BCUT2D eigenvalue weighted by Gasteiger charge is -2.03. The van der Waals surface area contributed by atoms with Gasteiger partial charge in [-0.25, -0.2) is 8.42 Å². The molecular formula is C8H8ClNO3S. The Balaban J connectivity index is 3.23. The van der Waals surface area contributed by atoms with Crippen LogP contribution in [0.4, 0.5) is 0 Å². The number of hydrogen-bond donors (Lipinski definition) is 1. The number of nitrogens with two attached hydrogens (primary N) is 1. The van der Waals surface area contributed by atoms with Gasteiger partial charge in [-0.2, -0.15) is 0 Å². The van der Waals surface area contributed by atoms with Crippen LogP contribution in [0.1, 0.15) is 5.56 Å². The van der Waals surface area contributed by atoms with Crippen LogP contribution >= 0.6 is 10.7 Å². The van der Waals surface area contributed by atoms with E-state index in [0.717, 1.165) is 0 Å². The normalized spacial score (nSPS) is 11.2. The van der Waals surface area contributed by atoms with Gasteiger partial charge in [-0.1, -0.05) is 18.2 Å². The van der Waals surface area contributed by atoms with Gasteiger partial charge in [0.15, 0.2) is 0 Å². The molecule has 4 nitrogen and oxygen atoms in total. The van der Waals surface area contributed by atoms with Crippen molar-refractivity contribution in [1.82, 2.24) is 0 Å². The molecule has 1 aromatic rings. The average molecular weight is 234 g/mol. The van der Waals surface area contributed by atoms with Gasteiger partial charge < -0.3 is 5.73 Å². The molecule has 1 amide bonds. The molecule has 0 unspecified atom stereocenters. The summed E-state index contributed by atoms with van der Waals surface area (Å²) in [4.78, 5) is 10.6. The van der Waals surface area contributed by atoms with Gasteiger partial charge in [-0.15, -0.1) is 0 Å². The fourth-order valence-corrected chi connectivity index (χ4v) is 2.22. The number of rotatable bonds is 3. The van der Waals surface area contributed by atoms with Crippen molar-refractivity contribution in [1.29, 1.82) is 0 Å². The minimum Gasteiger partial charge on any atom is -0.369 e. The highest BCUT2D eigenvalue weighted by atomic mass is 35.7. The van der Waals surface area contributed by atoms with E-state index < -0.39 is 15.0 Å². The third kappa shape index (κ3) is 2.71. The minimum atomic E-state index is -3.81. The predicted molar refractivity (Wildman–Crippen MR) is 52.4 cm³/mol. The van der Waals surface area contributed by atoms with Crippen molar-refractivity contribution >= 4 is 25.6 Å². The molecular weight excluding hydrogens is 226 g/mol. The van der Waals surface area contributed by atoms with Gasteiger partial charge in [0.1, 0.15) is 0 Å². The first-order chi connectivity index (χ1) is 6.41. The Bertz CT molecular complexity index is 455. The number of benzene rings is 1. The van der Waals surface area contributed by atoms with Crippen LogP contribution in [0.5, 0.6) is 0 Å². The van der Waals surface area contributed by atoms with E-state index in [1.807, 2.05) is 0 Å². The number of carbonyl (C=O) groups is 1. The molecule has 2 N–H and O–H groups in total. The molecule has 1 aromatic carbocycles. The molecule has 14 heavy (non-hydrogen) atoms. The van der Waals surface area contributed by atoms with Crippen molar-refractivity contribution in [3.8, 4) is 0 Å². The molecule has 1 rings (SSSR count). The Labute approximate surface area is 86.1 Å². The Morgan fingerprint density at radius 3 is 2.43 bits per heavy atom. The molecule has 0 aliphatic heterocycles. The second-order valence-corrected chi connectivity index (χ2v) is 5.22. The van der Waals surface area contributed by atoms with Crippen LogP contribution in [0.2, 0.25) is 0 Å². The highest BCUT2D eigenvalue weighted by molar-refractivity contribution is 8.13. The Morgan fingerprint density at radius 2 is 1.93 bits per heavy atom. The van der Waals surface area contributed by atoms with Crippen LogP contribution in [-0.4, -0.2) is 14.3 Å². The van der Waals surface area contributed by atoms with Gasteiger partial charge in [-0.3, -0.25) is 4.79 Å². The van der Waals surface area contributed by atoms with E-state index >= 15 is 0 Å². The van der Waals surface area contributed by atoms with E-state index in [2.05, 4.69) is 0 Å². The van der Waals surface area contributed by atoms with E-state index in [4.69, 9.17) is 16.4 Å². The number of primary amides is 1. The molecule has 0 aliphatic rings. The van der Waals surface area contributed by atoms with Crippen molar-refractivity contribution in [2.45, 2.75) is 11.3 Å². The molecule has 6 heteroatoms. The van der Waals surface area contributed by atoms with Gasteiger partial charge in [0.2, 0.25) is 5.91 Å². The summed E-state index contributed by atoms with van der Waals surface area (Å²) in [6.07, 6.45) is -0.137. The highest BCUT2D eigenvalue weighted by Crippen LogP contribution is 2.19. The zero-order valence-corrected chi connectivity index (χ0v) is 8.68. The van der Waals surface area contributed by atoms with Crippen molar-refractivity contribution < 1.29 is 13.2 Å². The lowest BCUT2D eigenvalue weighted by atomic mass is 10.1. The maximum absolute atomic E-state index is 11.0. The van der Waals surface area contributed by atoms with Gasteiger partial charge in [0.05, 0.1) is 11.3 Å². The predicted octanol–water partition coefficient (Wildman–Crippen LogP) is 0.642. The fraction of sp³-hybridized carbons (Fsp3) is 0.125. The summed E-state index contributed by atoms with van der Waals surface area (Å²) in [7, 11) is 1.35. The molecule has 0 radical (unpaired) electrons. The van der Waals surface area contributed by atoms with Crippen LogP contribution in [0.15, 0.2) is 29.2 Å². The first-order valence-electron chi connectivity index (χ1n) is 3.72. The molecule has 0 bridgehead atoms. The van der Waals surface area contributed by atoms with Crippen molar-refractivity contribution in [3.05, 3.63) is 29.8 Å². The van der Waals surface area contributed by atoms with Crippen LogP contribution < -0.4 is 5.73 Å². The van der Waals surface area contributed by atoms with Crippen molar-refractivity contribution in [2.24, 2.45) is 5.73 Å². The summed E-state index contributed by atoms with van der Waals surface area (Å²) in [5, 5.41) is 0. The van der Waals surface area contributed by atoms with E-state index in [1.165, 1.54) is 18.2 Å². The first-order valence-corrected chi connectivity index (χ1v) is 6.03. The van der Waals surface area contributed by atoms with Gasteiger partial charge in [0.25, 0.3) is 9.05 Å². The van der Waals surface area contributed by atoms with Crippen LogP contribution in [0.3, 0.4) is 0 Å². The molecule has 0 heterocycles. The van der Waals surface area contributed by atoms with E-state index in [9.17, 15) is 13.2 Å². The number of carbonyl (C=O) groups excluding carboxylic acids is 1. The molecule has 0 saturated heterocycles. The topological polar surface area (TPSA) is 77.2 Å². The smallest absolute Gasteiger partial charge is 0.261 e. The molecule has 0 atom stereocenters. The first kappa shape index (κ1) is 11.0. The Kier molecular flexibility index (Phi) is 3.13. The lowest BCUT2D eigenvalue weighted by Crippen LogP contribution is -2.15. The maximum atomic E-state index is 11.0. The van der Waals surface area contributed by atoms with Crippen molar-refractivity contribution in [3.63, 3.8) is 0 Å². The van der Waals surface area contributed by atoms with Gasteiger partial charge >= 0.3 is 0 Å². The average Bonchev–Trinajstić information content (AvgIpc) is 2.01. The van der Waals surface area contributed by atoms with E-state index in [-0.39, 0.29) is 11.3 Å². The minimum absolute atomic E-state index is 0.0690. The van der Waals surface area contributed by atoms with Crippen LogP contribution in [0.25, 0.3) is 0 Å². The van der Waals surface area contributed by atoms with E-state index in [1.54, 1.807) is 6.07 Å². The molecule has 0 spiro atoms. The molecule has 76 valence electrons. The standard InChI is InChI=1S/C8H8ClNO3S/c9-14(12,13)7-4-2-1-3-6(7)5-8(10)11/h1-4H,5H2,(H2,10,11). The quantitative estimate of drug-likeness (QED) is 0.779. The summed E-state index contributed by atoms with van der Waals surface area (Å²) in [6, 6.07) is 5.98. The maximum Gasteiger partial charge on any atom is 0.261 e. The zero-order valence-electron chi connectivity index (χ0n) is 7.10. The number of amides is 1. The van der Waals surface area contributed by atoms with Crippen molar-refractivity contribution in [2.75, 3.05) is 0 Å². The molecule has 0 aliphatic carbocycles. The molecule has 0 fully saturated rings. The summed E-state index contributed by atoms with van der Waals surface area (Å²) in [6.45, 7) is 0. The Morgan fingerprint density at radius 1 is 1.36 bits per heavy atom. The van der Waals surface area contributed by atoms with Crippen LogP contribution in [-0.2, 0) is 20.3 Å². The summed E-state index contributed by atoms with van der Waals surface area (Å²) >= 11 is 0. The fourth-order valence-electron chi connectivity index (χ4n) is 1.08. The SMILES string of the molecule is NC(=O)Cc1ccccc1S(=O)(=O)Cl. The van der Waals surface area contributed by atoms with E-state index in [0.29, 0.717) is 5.56 Å². The summed E-state index contributed by atoms with van der Waals surface area (Å²) in [5.74, 6) is -0.599. The summed E-state index contributed by atoms with van der Waals surface area (Å²) < 4.78 is 22.1. The second-order valence-electron chi connectivity index (χ2n) is 2.69. The van der Waals surface area contributed by atoms with Gasteiger partial charge in [0, 0.05) is 10.7 Å². The number of halogens is 1. The highest BCUT2D eigenvalue weighted by Gasteiger charge is 2.15.